The quantitative estimate of drug-likeness (QED) is 0.739. The zero-order valence-corrected chi connectivity index (χ0v) is 16.6. The Morgan fingerprint density at radius 1 is 1.24 bits per heavy atom. The average molecular weight is 407 g/mol. The highest BCUT2D eigenvalue weighted by Crippen LogP contribution is 2.29. The van der Waals surface area contributed by atoms with Crippen LogP contribution in [0, 0.1) is 0 Å². The molecule has 0 N–H and O–H groups in total. The first kappa shape index (κ1) is 20.1. The van der Waals surface area contributed by atoms with Gasteiger partial charge in [-0.15, -0.1) is 0 Å². The lowest BCUT2D eigenvalue weighted by Crippen LogP contribution is -2.50. The number of nitrogens with zero attached hydrogens (tertiary/aromatic N) is 3. The molecule has 2 aliphatic heterocycles. The number of piperidine rings is 1. The molecule has 0 radical (unpaired) electrons. The number of carbonyl (C=O) groups excluding carboxylic acids is 1. The van der Waals surface area contributed by atoms with Gasteiger partial charge in [0.2, 0.25) is 5.91 Å². The smallest absolute Gasteiger partial charge is 0.256 e. The van der Waals surface area contributed by atoms with E-state index in [1.807, 2.05) is 31.3 Å². The van der Waals surface area contributed by atoms with Crippen molar-refractivity contribution in [1.82, 2.24) is 14.4 Å². The van der Waals surface area contributed by atoms with Crippen LogP contribution in [-0.2, 0) is 16.1 Å². The Morgan fingerprint density at radius 2 is 2.03 bits per heavy atom. The normalized spacial score (nSPS) is 22.0. The lowest BCUT2D eigenvalue weighted by molar-refractivity contribution is -0.148. The van der Waals surface area contributed by atoms with Gasteiger partial charge in [-0.1, -0.05) is 6.07 Å². The standard InChI is InChI=1S/C21H27F2N3O3/c1-24-11-16(28-14-21(24)27)12-25-8-5-15(6-9-25)29-19-4-2-3-18-17(19)7-10-26(18)13-20(22)23/h2-4,7,10,15-16,20H,5-6,8-9,11-14H2,1H3. The molecule has 8 heteroatoms. The minimum Gasteiger partial charge on any atom is -0.490 e. The van der Waals surface area contributed by atoms with Gasteiger partial charge in [0.15, 0.2) is 0 Å². The molecule has 29 heavy (non-hydrogen) atoms. The lowest BCUT2D eigenvalue weighted by Gasteiger charge is -2.37. The van der Waals surface area contributed by atoms with Gasteiger partial charge in [-0.25, -0.2) is 8.78 Å². The topological polar surface area (TPSA) is 46.9 Å². The Kier molecular flexibility index (Phi) is 6.01. The van der Waals surface area contributed by atoms with Crippen molar-refractivity contribution in [2.75, 3.05) is 39.8 Å². The zero-order chi connectivity index (χ0) is 20.4. The predicted octanol–water partition coefficient (Wildman–Crippen LogP) is 2.61. The number of morpholine rings is 1. The summed E-state index contributed by atoms with van der Waals surface area (Å²) < 4.78 is 39.0. The number of likely N-dealkylation sites (N-methyl/N-ethyl adjacent to an activating group) is 1. The summed E-state index contributed by atoms with van der Waals surface area (Å²) in [5.74, 6) is 0.787. The van der Waals surface area contributed by atoms with Crippen LogP contribution in [0.4, 0.5) is 8.78 Å². The van der Waals surface area contributed by atoms with Gasteiger partial charge in [-0.2, -0.15) is 0 Å². The van der Waals surface area contributed by atoms with Crippen LogP contribution in [0.3, 0.4) is 0 Å². The number of ether oxygens (including phenoxy) is 2. The third-order valence-electron chi connectivity index (χ3n) is 5.74. The number of rotatable bonds is 6. The maximum Gasteiger partial charge on any atom is 0.256 e. The van der Waals surface area contributed by atoms with Gasteiger partial charge in [-0.05, 0) is 31.0 Å². The number of benzene rings is 1. The largest absolute Gasteiger partial charge is 0.490 e. The molecule has 0 bridgehead atoms. The van der Waals surface area contributed by atoms with Crippen molar-refractivity contribution in [3.63, 3.8) is 0 Å². The summed E-state index contributed by atoms with van der Waals surface area (Å²) in [5.41, 5.74) is 0.772. The first-order chi connectivity index (χ1) is 14.0. The molecule has 1 atom stereocenters. The number of alkyl halides is 2. The maximum atomic E-state index is 12.8. The summed E-state index contributed by atoms with van der Waals surface area (Å²) in [4.78, 5) is 15.6. The van der Waals surface area contributed by atoms with Crippen LogP contribution in [0.1, 0.15) is 12.8 Å². The van der Waals surface area contributed by atoms with Gasteiger partial charge >= 0.3 is 0 Å². The Labute approximate surface area is 169 Å². The maximum absolute atomic E-state index is 12.8. The molecule has 2 fully saturated rings. The molecule has 2 aromatic rings. The van der Waals surface area contributed by atoms with Gasteiger partial charge in [0.25, 0.3) is 6.43 Å². The van der Waals surface area contributed by atoms with Crippen LogP contribution in [0.15, 0.2) is 30.5 Å². The van der Waals surface area contributed by atoms with Crippen LogP contribution < -0.4 is 4.74 Å². The van der Waals surface area contributed by atoms with E-state index >= 15 is 0 Å². The molecule has 1 aromatic heterocycles. The second kappa shape index (κ2) is 8.67. The van der Waals surface area contributed by atoms with Gasteiger partial charge in [0.1, 0.15) is 18.5 Å². The van der Waals surface area contributed by atoms with Crippen molar-refractivity contribution in [3.05, 3.63) is 30.5 Å². The number of hydrogen-bond acceptors (Lipinski definition) is 4. The van der Waals surface area contributed by atoms with E-state index in [1.165, 1.54) is 0 Å². The van der Waals surface area contributed by atoms with Crippen molar-refractivity contribution in [3.8, 4) is 5.75 Å². The van der Waals surface area contributed by atoms with E-state index in [2.05, 4.69) is 4.90 Å². The number of hydrogen-bond donors (Lipinski definition) is 0. The molecule has 1 unspecified atom stereocenters. The molecule has 2 aliphatic rings. The van der Waals surface area contributed by atoms with Crippen LogP contribution in [-0.4, -0.2) is 78.7 Å². The second-order valence-corrected chi connectivity index (χ2v) is 7.87. The molecule has 0 spiro atoms. The molecule has 6 nitrogen and oxygen atoms in total. The van der Waals surface area contributed by atoms with Gasteiger partial charge in [-0.3, -0.25) is 4.79 Å². The van der Waals surface area contributed by atoms with E-state index in [4.69, 9.17) is 9.47 Å². The Balaban J connectivity index is 1.32. The van der Waals surface area contributed by atoms with E-state index in [0.717, 1.165) is 49.1 Å². The fraction of sp³-hybridized carbons (Fsp3) is 0.571. The number of fused-ring (bicyclic) bond motifs is 1. The fourth-order valence-electron chi connectivity index (χ4n) is 4.15. The van der Waals surface area contributed by atoms with Crippen LogP contribution in [0.25, 0.3) is 10.9 Å². The van der Waals surface area contributed by atoms with Crippen molar-refractivity contribution in [2.45, 2.75) is 38.0 Å². The highest BCUT2D eigenvalue weighted by atomic mass is 19.3. The van der Waals surface area contributed by atoms with E-state index in [-0.39, 0.29) is 31.3 Å². The Morgan fingerprint density at radius 3 is 2.76 bits per heavy atom. The van der Waals surface area contributed by atoms with Crippen molar-refractivity contribution in [1.29, 1.82) is 0 Å². The summed E-state index contributed by atoms with van der Waals surface area (Å²) >= 11 is 0. The summed E-state index contributed by atoms with van der Waals surface area (Å²) in [6.45, 7) is 3.11. The van der Waals surface area contributed by atoms with E-state index in [9.17, 15) is 13.6 Å². The van der Waals surface area contributed by atoms with Crippen LogP contribution in [0.5, 0.6) is 5.75 Å². The minimum absolute atomic E-state index is 0.0323. The SMILES string of the molecule is CN1CC(CN2CCC(Oc3cccc4c3ccn4CC(F)F)CC2)OCC1=O. The number of amides is 1. The summed E-state index contributed by atoms with van der Waals surface area (Å²) in [7, 11) is 1.81. The molecular weight excluding hydrogens is 380 g/mol. The number of carbonyl (C=O) groups is 1. The van der Waals surface area contributed by atoms with Crippen LogP contribution >= 0.6 is 0 Å². The molecule has 0 saturated carbocycles. The van der Waals surface area contributed by atoms with E-state index in [1.54, 1.807) is 15.7 Å². The molecular formula is C21H27F2N3O3. The minimum atomic E-state index is -2.38. The van der Waals surface area contributed by atoms with Crippen molar-refractivity contribution in [2.24, 2.45) is 0 Å². The van der Waals surface area contributed by atoms with E-state index < -0.39 is 6.43 Å². The Bertz CT molecular complexity index is 849. The summed E-state index contributed by atoms with van der Waals surface area (Å²) in [5, 5.41) is 0.874. The van der Waals surface area contributed by atoms with Crippen molar-refractivity contribution < 1.29 is 23.0 Å². The highest BCUT2D eigenvalue weighted by Gasteiger charge is 2.28. The average Bonchev–Trinajstić information content (AvgIpc) is 3.10. The first-order valence-corrected chi connectivity index (χ1v) is 10.1. The molecule has 3 heterocycles. The molecule has 1 aromatic carbocycles. The highest BCUT2D eigenvalue weighted by molar-refractivity contribution is 5.86. The molecule has 4 rings (SSSR count). The number of aromatic nitrogens is 1. The molecule has 0 aliphatic carbocycles. The third-order valence-corrected chi connectivity index (χ3v) is 5.74. The second-order valence-electron chi connectivity index (χ2n) is 7.87. The van der Waals surface area contributed by atoms with Crippen LogP contribution in [0.2, 0.25) is 0 Å². The fourth-order valence-corrected chi connectivity index (χ4v) is 4.15. The van der Waals surface area contributed by atoms with Gasteiger partial charge < -0.3 is 23.8 Å². The molecule has 158 valence electrons. The monoisotopic (exact) mass is 407 g/mol. The predicted molar refractivity (Wildman–Crippen MR) is 105 cm³/mol. The number of halogens is 2. The third kappa shape index (κ3) is 4.70. The first-order valence-electron chi connectivity index (χ1n) is 10.1. The summed E-state index contributed by atoms with van der Waals surface area (Å²) in [6, 6.07) is 7.45. The molecule has 2 saturated heterocycles. The van der Waals surface area contributed by atoms with E-state index in [0.29, 0.717) is 6.54 Å². The van der Waals surface area contributed by atoms with Gasteiger partial charge in [0, 0.05) is 44.8 Å². The van der Waals surface area contributed by atoms with Crippen molar-refractivity contribution >= 4 is 16.8 Å². The molecule has 1 amide bonds. The zero-order valence-electron chi connectivity index (χ0n) is 16.6. The lowest BCUT2D eigenvalue weighted by atomic mass is 10.1. The van der Waals surface area contributed by atoms with Gasteiger partial charge in [0.05, 0.1) is 18.2 Å². The Hall–Kier alpha value is -2.19. The number of likely N-dealkylation sites (tertiary alicyclic amines) is 1. The summed E-state index contributed by atoms with van der Waals surface area (Å²) in [6.07, 6.45) is 1.26.